The van der Waals surface area contributed by atoms with Crippen molar-refractivity contribution < 1.29 is 23.9 Å². The summed E-state index contributed by atoms with van der Waals surface area (Å²) in [5.41, 5.74) is 0.550. The van der Waals surface area contributed by atoms with Gasteiger partial charge in [0.05, 0.1) is 6.54 Å². The van der Waals surface area contributed by atoms with Crippen LogP contribution in [0.15, 0.2) is 18.2 Å². The minimum atomic E-state index is -1.29. The van der Waals surface area contributed by atoms with Crippen molar-refractivity contribution in [2.45, 2.75) is 19.9 Å². The molecule has 0 spiro atoms. The Kier molecular flexibility index (Phi) is 5.40. The number of carbonyl (C=O) groups excluding carboxylic acids is 2. The maximum atomic E-state index is 13.2. The Balaban J connectivity index is 2.88. The number of hydrogen-bond donors (Lipinski definition) is 2. The first-order valence-corrected chi connectivity index (χ1v) is 6.22. The zero-order valence-corrected chi connectivity index (χ0v) is 12.0. The normalized spacial score (nSPS) is 11.6. The Morgan fingerprint density at radius 3 is 2.48 bits per heavy atom. The topological polar surface area (TPSA) is 86.7 Å². The average molecular weight is 296 g/mol. The standard InChI is InChI=1S/C14H17FN2O4/c1-8-6-10(4-5-11(8)15)13(14(20)21)16-12(19)7-17(3)9(2)18/h4-6,13H,7H2,1-3H3,(H,16,19)(H,20,21). The summed E-state index contributed by atoms with van der Waals surface area (Å²) in [7, 11) is 1.43. The van der Waals surface area contributed by atoms with Crippen molar-refractivity contribution in [1.29, 1.82) is 0 Å². The quantitative estimate of drug-likeness (QED) is 0.843. The number of rotatable bonds is 5. The molecule has 1 unspecified atom stereocenters. The van der Waals surface area contributed by atoms with E-state index >= 15 is 0 Å². The highest BCUT2D eigenvalue weighted by molar-refractivity contribution is 5.87. The van der Waals surface area contributed by atoms with Gasteiger partial charge in [-0.2, -0.15) is 0 Å². The van der Waals surface area contributed by atoms with E-state index in [4.69, 9.17) is 0 Å². The lowest BCUT2D eigenvalue weighted by Crippen LogP contribution is -2.41. The van der Waals surface area contributed by atoms with E-state index in [2.05, 4.69) is 5.32 Å². The SMILES string of the molecule is CC(=O)N(C)CC(=O)NC(C(=O)O)c1ccc(F)c(C)c1. The van der Waals surface area contributed by atoms with E-state index in [1.54, 1.807) is 0 Å². The molecule has 0 heterocycles. The molecule has 1 aromatic rings. The van der Waals surface area contributed by atoms with Crippen molar-refractivity contribution in [1.82, 2.24) is 10.2 Å². The number of benzene rings is 1. The van der Waals surface area contributed by atoms with E-state index in [9.17, 15) is 23.9 Å². The highest BCUT2D eigenvalue weighted by Crippen LogP contribution is 2.17. The monoisotopic (exact) mass is 296 g/mol. The van der Waals surface area contributed by atoms with Crippen LogP contribution in [0.5, 0.6) is 0 Å². The van der Waals surface area contributed by atoms with E-state index in [1.807, 2.05) is 0 Å². The van der Waals surface area contributed by atoms with Crippen LogP contribution in [0.3, 0.4) is 0 Å². The zero-order chi connectivity index (χ0) is 16.2. The van der Waals surface area contributed by atoms with Crippen LogP contribution in [0.2, 0.25) is 0 Å². The molecule has 1 rings (SSSR count). The van der Waals surface area contributed by atoms with E-state index in [0.717, 1.165) is 11.0 Å². The molecular weight excluding hydrogens is 279 g/mol. The number of carboxylic acids is 1. The molecule has 7 heteroatoms. The van der Waals surface area contributed by atoms with Crippen LogP contribution in [0.1, 0.15) is 24.1 Å². The van der Waals surface area contributed by atoms with Crippen LogP contribution < -0.4 is 5.32 Å². The Labute approximate surface area is 121 Å². The number of amides is 2. The summed E-state index contributed by atoms with van der Waals surface area (Å²) in [6, 6.07) is 2.52. The molecule has 0 aliphatic rings. The van der Waals surface area contributed by atoms with Crippen molar-refractivity contribution in [2.24, 2.45) is 0 Å². The number of carbonyl (C=O) groups is 3. The van der Waals surface area contributed by atoms with E-state index < -0.39 is 23.7 Å². The smallest absolute Gasteiger partial charge is 0.330 e. The van der Waals surface area contributed by atoms with Gasteiger partial charge in [0.1, 0.15) is 5.82 Å². The maximum Gasteiger partial charge on any atom is 0.330 e. The number of hydrogen-bond acceptors (Lipinski definition) is 3. The number of carboxylic acid groups (broad SMARTS) is 1. The Hall–Kier alpha value is -2.44. The summed E-state index contributed by atoms with van der Waals surface area (Å²) < 4.78 is 13.2. The van der Waals surface area contributed by atoms with Gasteiger partial charge in [0.2, 0.25) is 11.8 Å². The van der Waals surface area contributed by atoms with Crippen molar-refractivity contribution in [3.8, 4) is 0 Å². The molecule has 2 N–H and O–H groups in total. The van der Waals surface area contributed by atoms with Crippen LogP contribution >= 0.6 is 0 Å². The second kappa shape index (κ2) is 6.83. The lowest BCUT2D eigenvalue weighted by atomic mass is 10.0. The number of nitrogens with zero attached hydrogens (tertiary/aromatic N) is 1. The summed E-state index contributed by atoms with van der Waals surface area (Å²) in [5.74, 6) is -2.64. The molecule has 0 radical (unpaired) electrons. The first-order valence-electron chi connectivity index (χ1n) is 6.22. The van der Waals surface area contributed by atoms with Crippen LogP contribution in [0, 0.1) is 12.7 Å². The van der Waals surface area contributed by atoms with Crippen molar-refractivity contribution in [3.63, 3.8) is 0 Å². The van der Waals surface area contributed by atoms with Gasteiger partial charge in [0.25, 0.3) is 0 Å². The fraction of sp³-hybridized carbons (Fsp3) is 0.357. The third-order valence-corrected chi connectivity index (χ3v) is 2.99. The van der Waals surface area contributed by atoms with Gasteiger partial charge in [-0.05, 0) is 24.1 Å². The Morgan fingerprint density at radius 2 is 2.00 bits per heavy atom. The molecule has 0 aliphatic heterocycles. The molecule has 0 saturated heterocycles. The van der Waals surface area contributed by atoms with Crippen LogP contribution in [-0.4, -0.2) is 41.4 Å². The molecule has 0 bridgehead atoms. The van der Waals surface area contributed by atoms with E-state index in [0.29, 0.717) is 0 Å². The molecule has 0 fully saturated rings. The molecule has 0 aromatic heterocycles. The molecule has 1 aromatic carbocycles. The molecule has 6 nitrogen and oxygen atoms in total. The van der Waals surface area contributed by atoms with Gasteiger partial charge < -0.3 is 15.3 Å². The van der Waals surface area contributed by atoms with Crippen LogP contribution in [0.25, 0.3) is 0 Å². The predicted molar refractivity (Wildman–Crippen MR) is 73.0 cm³/mol. The third-order valence-electron chi connectivity index (χ3n) is 2.99. The van der Waals surface area contributed by atoms with Crippen LogP contribution in [0.4, 0.5) is 4.39 Å². The highest BCUT2D eigenvalue weighted by atomic mass is 19.1. The van der Waals surface area contributed by atoms with Crippen LogP contribution in [-0.2, 0) is 14.4 Å². The Bertz CT molecular complexity index is 574. The first kappa shape index (κ1) is 16.6. The number of aliphatic carboxylic acids is 1. The summed E-state index contributed by atoms with van der Waals surface area (Å²) >= 11 is 0. The highest BCUT2D eigenvalue weighted by Gasteiger charge is 2.23. The molecule has 21 heavy (non-hydrogen) atoms. The number of aryl methyl sites for hydroxylation is 1. The summed E-state index contributed by atoms with van der Waals surface area (Å²) in [6.07, 6.45) is 0. The van der Waals surface area contributed by atoms with Crippen molar-refractivity contribution in [2.75, 3.05) is 13.6 Å². The molecular formula is C14H17FN2O4. The van der Waals surface area contributed by atoms with E-state index in [-0.39, 0.29) is 23.6 Å². The lowest BCUT2D eigenvalue weighted by molar-refractivity contribution is -0.142. The fourth-order valence-corrected chi connectivity index (χ4v) is 1.67. The zero-order valence-electron chi connectivity index (χ0n) is 12.0. The minimum Gasteiger partial charge on any atom is -0.479 e. The largest absolute Gasteiger partial charge is 0.479 e. The molecule has 2 amide bonds. The van der Waals surface area contributed by atoms with Gasteiger partial charge in [0, 0.05) is 14.0 Å². The Morgan fingerprint density at radius 1 is 1.38 bits per heavy atom. The molecule has 1 atom stereocenters. The van der Waals surface area contributed by atoms with Gasteiger partial charge in [-0.3, -0.25) is 9.59 Å². The second-order valence-corrected chi connectivity index (χ2v) is 4.72. The number of nitrogens with one attached hydrogen (secondary N) is 1. The molecule has 0 saturated carbocycles. The van der Waals surface area contributed by atoms with Gasteiger partial charge in [-0.25, -0.2) is 9.18 Å². The maximum absolute atomic E-state index is 13.2. The number of halogens is 1. The van der Waals surface area contributed by atoms with E-state index in [1.165, 1.54) is 33.0 Å². The first-order chi connectivity index (χ1) is 9.72. The predicted octanol–water partition coefficient (Wildman–Crippen LogP) is 0.854. The third kappa shape index (κ3) is 4.55. The second-order valence-electron chi connectivity index (χ2n) is 4.72. The van der Waals surface area contributed by atoms with Gasteiger partial charge >= 0.3 is 5.97 Å². The minimum absolute atomic E-state index is 0.251. The summed E-state index contributed by atoms with van der Waals surface area (Å²) in [6.45, 7) is 2.55. The van der Waals surface area contributed by atoms with Crippen molar-refractivity contribution in [3.05, 3.63) is 35.1 Å². The summed E-state index contributed by atoms with van der Waals surface area (Å²) in [5, 5.41) is 11.5. The fourth-order valence-electron chi connectivity index (χ4n) is 1.67. The number of likely N-dealkylation sites (N-methyl/N-ethyl adjacent to an activating group) is 1. The molecule has 114 valence electrons. The summed E-state index contributed by atoms with van der Waals surface area (Å²) in [4.78, 5) is 35.2. The van der Waals surface area contributed by atoms with Gasteiger partial charge in [-0.15, -0.1) is 0 Å². The van der Waals surface area contributed by atoms with Crippen molar-refractivity contribution >= 4 is 17.8 Å². The lowest BCUT2D eigenvalue weighted by Gasteiger charge is -2.19. The average Bonchev–Trinajstić information content (AvgIpc) is 2.38. The van der Waals surface area contributed by atoms with Gasteiger partial charge in [-0.1, -0.05) is 12.1 Å². The van der Waals surface area contributed by atoms with Gasteiger partial charge in [0.15, 0.2) is 6.04 Å². The molecule has 0 aliphatic carbocycles.